The van der Waals surface area contributed by atoms with Crippen LogP contribution in [0.3, 0.4) is 0 Å². The molecule has 0 fully saturated rings. The fraction of sp³-hybridized carbons (Fsp3) is 0. The second kappa shape index (κ2) is 4.10. The van der Waals surface area contributed by atoms with E-state index in [-0.39, 0.29) is 0 Å². The van der Waals surface area contributed by atoms with Crippen LogP contribution in [0.15, 0.2) is 48.5 Å². The van der Waals surface area contributed by atoms with Crippen molar-refractivity contribution >= 4 is 5.69 Å². The predicted octanol–water partition coefficient (Wildman–Crippen LogP) is 3.40. The number of rotatable bonds is 2. The van der Waals surface area contributed by atoms with Crippen LogP contribution in [0.1, 0.15) is 0 Å². The fourth-order valence-electron chi connectivity index (χ4n) is 1.55. The number of hydrogen-bond acceptors (Lipinski definition) is 2. The maximum Gasteiger partial charge on any atom is 0.312 e. The third-order valence-electron chi connectivity index (χ3n) is 2.25. The molecular formula is C12H8FNO2. The minimum absolute atomic E-state index is 0.297. The summed E-state index contributed by atoms with van der Waals surface area (Å²) in [6.45, 7) is 0. The summed E-state index contributed by atoms with van der Waals surface area (Å²) in [6, 6.07) is 12.8. The number of nitrogens with zero attached hydrogens (tertiary/aromatic N) is 1. The lowest BCUT2D eigenvalue weighted by Gasteiger charge is -2.03. The smallest absolute Gasteiger partial charge is 0.258 e. The molecule has 0 aliphatic carbocycles. The van der Waals surface area contributed by atoms with E-state index in [1.54, 1.807) is 30.3 Å². The molecule has 4 heteroatoms. The van der Waals surface area contributed by atoms with Crippen molar-refractivity contribution in [3.8, 4) is 11.1 Å². The first kappa shape index (κ1) is 10.3. The highest BCUT2D eigenvalue weighted by atomic mass is 19.1. The third kappa shape index (κ3) is 1.77. The van der Waals surface area contributed by atoms with Gasteiger partial charge in [-0.1, -0.05) is 36.4 Å². The maximum absolute atomic E-state index is 13.3. The van der Waals surface area contributed by atoms with Crippen LogP contribution < -0.4 is 0 Å². The highest BCUT2D eigenvalue weighted by Gasteiger charge is 2.20. The van der Waals surface area contributed by atoms with Gasteiger partial charge in [-0.3, -0.25) is 10.1 Å². The van der Waals surface area contributed by atoms with Gasteiger partial charge in [0.2, 0.25) is 5.82 Å². The van der Waals surface area contributed by atoms with Crippen LogP contribution in [0.4, 0.5) is 10.1 Å². The van der Waals surface area contributed by atoms with E-state index in [2.05, 4.69) is 0 Å². The first-order valence-corrected chi connectivity index (χ1v) is 4.68. The van der Waals surface area contributed by atoms with E-state index in [4.69, 9.17) is 0 Å². The van der Waals surface area contributed by atoms with E-state index in [1.165, 1.54) is 12.1 Å². The van der Waals surface area contributed by atoms with Crippen LogP contribution in [0, 0.1) is 15.9 Å². The second-order valence-corrected chi connectivity index (χ2v) is 3.26. The SMILES string of the molecule is O=[N+]([O-])c1c(F)cccc1-c1ccccc1. The van der Waals surface area contributed by atoms with Gasteiger partial charge in [-0.05, 0) is 17.7 Å². The van der Waals surface area contributed by atoms with Crippen LogP contribution in [0.25, 0.3) is 11.1 Å². The van der Waals surface area contributed by atoms with E-state index in [0.717, 1.165) is 6.07 Å². The lowest BCUT2D eigenvalue weighted by atomic mass is 10.0. The van der Waals surface area contributed by atoms with Crippen molar-refractivity contribution in [2.45, 2.75) is 0 Å². The zero-order chi connectivity index (χ0) is 11.5. The molecule has 0 amide bonds. The Morgan fingerprint density at radius 1 is 1.00 bits per heavy atom. The topological polar surface area (TPSA) is 43.1 Å². The molecule has 0 saturated carbocycles. The molecule has 2 rings (SSSR count). The van der Waals surface area contributed by atoms with Crippen molar-refractivity contribution in [3.63, 3.8) is 0 Å². The van der Waals surface area contributed by atoms with Gasteiger partial charge < -0.3 is 0 Å². The van der Waals surface area contributed by atoms with Gasteiger partial charge in [-0.2, -0.15) is 4.39 Å². The summed E-state index contributed by atoms with van der Waals surface area (Å²) in [7, 11) is 0. The predicted molar refractivity (Wildman–Crippen MR) is 58.5 cm³/mol. The monoisotopic (exact) mass is 217 g/mol. The molecule has 80 valence electrons. The number of para-hydroxylation sites is 1. The summed E-state index contributed by atoms with van der Waals surface area (Å²) in [5.41, 5.74) is 0.452. The van der Waals surface area contributed by atoms with Crippen LogP contribution in [-0.2, 0) is 0 Å². The average molecular weight is 217 g/mol. The number of halogens is 1. The van der Waals surface area contributed by atoms with Crippen LogP contribution in [0.2, 0.25) is 0 Å². The van der Waals surface area contributed by atoms with E-state index in [0.29, 0.717) is 11.1 Å². The minimum Gasteiger partial charge on any atom is -0.258 e. The van der Waals surface area contributed by atoms with Crippen molar-refractivity contribution in [1.29, 1.82) is 0 Å². The Morgan fingerprint density at radius 3 is 2.31 bits per heavy atom. The van der Waals surface area contributed by atoms with E-state index < -0.39 is 16.4 Å². The largest absolute Gasteiger partial charge is 0.312 e. The van der Waals surface area contributed by atoms with Gasteiger partial charge in [0.1, 0.15) is 0 Å². The first-order chi connectivity index (χ1) is 7.70. The van der Waals surface area contributed by atoms with Gasteiger partial charge in [0, 0.05) is 0 Å². The molecule has 16 heavy (non-hydrogen) atoms. The van der Waals surface area contributed by atoms with Gasteiger partial charge in [0.25, 0.3) is 0 Å². The molecular weight excluding hydrogens is 209 g/mol. The lowest BCUT2D eigenvalue weighted by Crippen LogP contribution is -1.95. The molecule has 2 aromatic carbocycles. The molecule has 0 aromatic heterocycles. The molecule has 0 bridgehead atoms. The lowest BCUT2D eigenvalue weighted by molar-refractivity contribution is -0.386. The van der Waals surface area contributed by atoms with Crippen molar-refractivity contribution in [1.82, 2.24) is 0 Å². The van der Waals surface area contributed by atoms with Crippen LogP contribution in [0.5, 0.6) is 0 Å². The van der Waals surface area contributed by atoms with E-state index in [1.807, 2.05) is 0 Å². The molecule has 0 aliphatic heterocycles. The summed E-state index contributed by atoms with van der Waals surface area (Å²) in [6.07, 6.45) is 0. The van der Waals surface area contributed by atoms with E-state index in [9.17, 15) is 14.5 Å². The Morgan fingerprint density at radius 2 is 1.69 bits per heavy atom. The highest BCUT2D eigenvalue weighted by Crippen LogP contribution is 2.31. The minimum atomic E-state index is -0.814. The Hall–Kier alpha value is -2.23. The zero-order valence-corrected chi connectivity index (χ0v) is 8.26. The number of benzene rings is 2. The third-order valence-corrected chi connectivity index (χ3v) is 2.25. The molecule has 2 aromatic rings. The average Bonchev–Trinajstić information content (AvgIpc) is 2.29. The van der Waals surface area contributed by atoms with Crippen molar-refractivity contribution in [3.05, 3.63) is 64.5 Å². The van der Waals surface area contributed by atoms with Crippen molar-refractivity contribution in [2.75, 3.05) is 0 Å². The fourth-order valence-corrected chi connectivity index (χ4v) is 1.55. The second-order valence-electron chi connectivity index (χ2n) is 3.26. The van der Waals surface area contributed by atoms with Gasteiger partial charge >= 0.3 is 5.69 Å². The molecule has 0 N–H and O–H groups in total. The highest BCUT2D eigenvalue weighted by molar-refractivity contribution is 5.73. The number of nitro benzene ring substituents is 1. The normalized spacial score (nSPS) is 10.1. The van der Waals surface area contributed by atoms with Crippen molar-refractivity contribution < 1.29 is 9.31 Å². The molecule has 0 radical (unpaired) electrons. The summed E-state index contributed by atoms with van der Waals surface area (Å²) >= 11 is 0. The molecule has 0 unspecified atom stereocenters. The van der Waals surface area contributed by atoms with Gasteiger partial charge in [0.05, 0.1) is 10.5 Å². The number of hydrogen-bond donors (Lipinski definition) is 0. The Balaban J connectivity index is 2.66. The van der Waals surface area contributed by atoms with Gasteiger partial charge in [0.15, 0.2) is 0 Å². The first-order valence-electron chi connectivity index (χ1n) is 4.68. The Labute approximate surface area is 91.3 Å². The molecule has 3 nitrogen and oxygen atoms in total. The van der Waals surface area contributed by atoms with Crippen LogP contribution in [-0.4, -0.2) is 4.92 Å². The van der Waals surface area contributed by atoms with Gasteiger partial charge in [-0.15, -0.1) is 0 Å². The standard InChI is InChI=1S/C12H8FNO2/c13-11-8-4-7-10(12(11)14(15)16)9-5-2-1-3-6-9/h1-8H. The Bertz CT molecular complexity index is 526. The van der Waals surface area contributed by atoms with Crippen LogP contribution >= 0.6 is 0 Å². The van der Waals surface area contributed by atoms with E-state index >= 15 is 0 Å². The summed E-state index contributed by atoms with van der Waals surface area (Å²) < 4.78 is 13.3. The molecule has 0 spiro atoms. The number of nitro groups is 1. The van der Waals surface area contributed by atoms with Crippen molar-refractivity contribution in [2.24, 2.45) is 0 Å². The maximum atomic E-state index is 13.3. The zero-order valence-electron chi connectivity index (χ0n) is 8.26. The Kier molecular flexibility index (Phi) is 2.64. The molecule has 0 aliphatic rings. The molecule has 0 saturated heterocycles. The summed E-state index contributed by atoms with van der Waals surface area (Å²) in [5, 5.41) is 10.8. The van der Waals surface area contributed by atoms with Gasteiger partial charge in [-0.25, -0.2) is 0 Å². The quantitative estimate of drug-likeness (QED) is 0.571. The summed E-state index contributed by atoms with van der Waals surface area (Å²) in [5.74, 6) is -0.814. The summed E-state index contributed by atoms with van der Waals surface area (Å²) in [4.78, 5) is 10.1. The molecule has 0 atom stereocenters. The molecule has 0 heterocycles.